The molecule has 1 aliphatic heterocycles. The predicted molar refractivity (Wildman–Crippen MR) is 122 cm³/mol. The van der Waals surface area contributed by atoms with Gasteiger partial charge in [0.15, 0.2) is 0 Å². The van der Waals surface area contributed by atoms with Gasteiger partial charge in [-0.25, -0.2) is 0 Å². The van der Waals surface area contributed by atoms with Crippen LogP contribution in [-0.4, -0.2) is 51.2 Å². The van der Waals surface area contributed by atoms with E-state index in [1.807, 2.05) is 0 Å². The molecule has 1 saturated heterocycles. The number of carbonyl (C=O) groups is 1. The Hall–Kier alpha value is -2.97. The summed E-state index contributed by atoms with van der Waals surface area (Å²) in [5, 5.41) is 14.3. The van der Waals surface area contributed by atoms with Crippen molar-refractivity contribution in [2.24, 2.45) is 5.92 Å². The summed E-state index contributed by atoms with van der Waals surface area (Å²) < 4.78 is 6.82. The summed E-state index contributed by atoms with van der Waals surface area (Å²) in [4.78, 5) is 15.3. The Labute approximate surface area is 192 Å². The number of benzene rings is 2. The maximum atomic E-state index is 12.8. The van der Waals surface area contributed by atoms with Gasteiger partial charge in [-0.2, -0.15) is 4.68 Å². The summed E-state index contributed by atoms with van der Waals surface area (Å²) in [7, 11) is 1.51. The number of hydrogen-bond acceptors (Lipinski definition) is 6. The molecular weight excluding hydrogens is 428 g/mol. The van der Waals surface area contributed by atoms with E-state index in [0.29, 0.717) is 28.6 Å². The average Bonchev–Trinajstić information content (AvgIpc) is 3.33. The van der Waals surface area contributed by atoms with Gasteiger partial charge in [0, 0.05) is 25.7 Å². The van der Waals surface area contributed by atoms with Gasteiger partial charge in [0.05, 0.1) is 23.4 Å². The molecular formula is C23H27ClN6O2. The molecule has 1 aromatic heterocycles. The summed E-state index contributed by atoms with van der Waals surface area (Å²) in [5.41, 5.74) is 3.21. The molecule has 0 saturated carbocycles. The minimum absolute atomic E-state index is 0.265. The Bertz CT molecular complexity index is 1060. The third-order valence-electron chi connectivity index (χ3n) is 5.73. The van der Waals surface area contributed by atoms with Crippen LogP contribution in [0.5, 0.6) is 5.75 Å². The van der Waals surface area contributed by atoms with Crippen molar-refractivity contribution in [3.63, 3.8) is 0 Å². The molecule has 4 rings (SSSR count). The second kappa shape index (κ2) is 10.1. The zero-order valence-corrected chi connectivity index (χ0v) is 19.0. The first-order valence-electron chi connectivity index (χ1n) is 10.7. The van der Waals surface area contributed by atoms with Crippen LogP contribution in [0.25, 0.3) is 5.69 Å². The maximum Gasteiger partial charge on any atom is 0.255 e. The predicted octanol–water partition coefficient (Wildman–Crippen LogP) is 3.49. The molecule has 1 unspecified atom stereocenters. The number of aromatic nitrogens is 4. The summed E-state index contributed by atoms with van der Waals surface area (Å²) in [5.74, 6) is 0.896. The SMILES string of the molecule is COc1cc(-n2cnnn2)c(Cl)cc1C(=O)NCc1ccc(CN2CCCC(C)C2)cc1. The van der Waals surface area contributed by atoms with Crippen LogP contribution in [0.4, 0.5) is 0 Å². The standard InChI is InChI=1S/C23H27ClN6O2/c1-16-4-3-9-29(13-16)14-18-7-5-17(6-8-18)12-25-23(31)19-10-20(24)21(11-22(19)32-2)30-15-26-27-28-30/h5-8,10-11,15-16H,3-4,9,12-14H2,1-2H3,(H,25,31). The van der Waals surface area contributed by atoms with E-state index < -0.39 is 0 Å². The summed E-state index contributed by atoms with van der Waals surface area (Å²) in [6, 6.07) is 11.6. The molecule has 1 amide bonds. The molecule has 1 fully saturated rings. The van der Waals surface area contributed by atoms with Crippen LogP contribution in [0.1, 0.15) is 41.3 Å². The Morgan fingerprint density at radius 3 is 2.72 bits per heavy atom. The van der Waals surface area contributed by atoms with Gasteiger partial charge in [-0.15, -0.1) is 5.10 Å². The monoisotopic (exact) mass is 454 g/mol. The van der Waals surface area contributed by atoms with Crippen LogP contribution in [0.3, 0.4) is 0 Å². The number of hydrogen-bond donors (Lipinski definition) is 1. The Kier molecular flexibility index (Phi) is 7.02. The van der Waals surface area contributed by atoms with E-state index in [-0.39, 0.29) is 5.91 Å². The van der Waals surface area contributed by atoms with Crippen LogP contribution < -0.4 is 10.1 Å². The normalized spacial score (nSPS) is 16.7. The highest BCUT2D eigenvalue weighted by Crippen LogP contribution is 2.29. The minimum Gasteiger partial charge on any atom is -0.496 e. The molecule has 2 heterocycles. The molecule has 2 aromatic carbocycles. The van der Waals surface area contributed by atoms with Gasteiger partial charge in [-0.3, -0.25) is 9.69 Å². The first-order chi connectivity index (χ1) is 15.5. The van der Waals surface area contributed by atoms with Crippen LogP contribution in [0.15, 0.2) is 42.7 Å². The highest BCUT2D eigenvalue weighted by molar-refractivity contribution is 6.33. The Balaban J connectivity index is 1.38. The number of rotatable bonds is 7. The van der Waals surface area contributed by atoms with E-state index in [9.17, 15) is 4.79 Å². The van der Waals surface area contributed by atoms with E-state index in [2.05, 4.69) is 56.9 Å². The number of amides is 1. The second-order valence-corrected chi connectivity index (χ2v) is 8.65. The number of carbonyl (C=O) groups excluding carboxylic acids is 1. The molecule has 9 heteroatoms. The number of halogens is 1. The zero-order chi connectivity index (χ0) is 22.5. The zero-order valence-electron chi connectivity index (χ0n) is 18.3. The van der Waals surface area contributed by atoms with E-state index in [4.69, 9.17) is 16.3 Å². The van der Waals surface area contributed by atoms with E-state index in [0.717, 1.165) is 24.6 Å². The van der Waals surface area contributed by atoms with Crippen molar-refractivity contribution in [2.45, 2.75) is 32.9 Å². The van der Waals surface area contributed by atoms with Crippen LogP contribution in [0.2, 0.25) is 5.02 Å². The number of tetrazole rings is 1. The van der Waals surface area contributed by atoms with Gasteiger partial charge in [0.2, 0.25) is 0 Å². The van der Waals surface area contributed by atoms with Crippen molar-refractivity contribution in [2.75, 3.05) is 20.2 Å². The number of nitrogens with one attached hydrogen (secondary N) is 1. The van der Waals surface area contributed by atoms with Crippen molar-refractivity contribution in [3.8, 4) is 11.4 Å². The molecule has 1 atom stereocenters. The van der Waals surface area contributed by atoms with E-state index in [1.165, 1.54) is 43.1 Å². The molecule has 0 bridgehead atoms. The quantitative estimate of drug-likeness (QED) is 0.588. The van der Waals surface area contributed by atoms with Gasteiger partial charge in [-0.1, -0.05) is 42.8 Å². The van der Waals surface area contributed by atoms with Crippen molar-refractivity contribution < 1.29 is 9.53 Å². The molecule has 1 N–H and O–H groups in total. The molecule has 168 valence electrons. The lowest BCUT2D eigenvalue weighted by atomic mass is 9.99. The highest BCUT2D eigenvalue weighted by Gasteiger charge is 2.18. The van der Waals surface area contributed by atoms with Gasteiger partial charge in [0.1, 0.15) is 12.1 Å². The second-order valence-electron chi connectivity index (χ2n) is 8.24. The summed E-state index contributed by atoms with van der Waals surface area (Å²) in [6.07, 6.45) is 4.02. The molecule has 8 nitrogen and oxygen atoms in total. The van der Waals surface area contributed by atoms with Crippen LogP contribution in [0, 0.1) is 5.92 Å². The first-order valence-corrected chi connectivity index (χ1v) is 11.1. The fourth-order valence-corrected chi connectivity index (χ4v) is 4.32. The third kappa shape index (κ3) is 5.26. The number of ether oxygens (including phenoxy) is 1. The van der Waals surface area contributed by atoms with E-state index in [1.54, 1.807) is 12.1 Å². The lowest BCUT2D eigenvalue weighted by Crippen LogP contribution is -2.33. The van der Waals surface area contributed by atoms with Crippen LogP contribution >= 0.6 is 11.6 Å². The van der Waals surface area contributed by atoms with E-state index >= 15 is 0 Å². The third-order valence-corrected chi connectivity index (χ3v) is 6.04. The van der Waals surface area contributed by atoms with Crippen molar-refractivity contribution in [3.05, 3.63) is 64.4 Å². The van der Waals surface area contributed by atoms with Crippen molar-refractivity contribution in [1.29, 1.82) is 0 Å². The van der Waals surface area contributed by atoms with Crippen molar-refractivity contribution >= 4 is 17.5 Å². The number of nitrogens with zero attached hydrogens (tertiary/aromatic N) is 5. The minimum atomic E-state index is -0.265. The van der Waals surface area contributed by atoms with Gasteiger partial charge in [-0.05, 0) is 52.9 Å². The fraction of sp³-hybridized carbons (Fsp3) is 0.391. The topological polar surface area (TPSA) is 85.2 Å². The molecule has 32 heavy (non-hydrogen) atoms. The summed E-state index contributed by atoms with van der Waals surface area (Å²) >= 11 is 6.36. The van der Waals surface area contributed by atoms with Gasteiger partial charge < -0.3 is 10.1 Å². The number of piperidine rings is 1. The fourth-order valence-electron chi connectivity index (χ4n) is 4.06. The molecule has 0 radical (unpaired) electrons. The molecule has 3 aromatic rings. The number of methoxy groups -OCH3 is 1. The van der Waals surface area contributed by atoms with Crippen molar-refractivity contribution in [1.82, 2.24) is 30.4 Å². The Morgan fingerprint density at radius 1 is 1.25 bits per heavy atom. The van der Waals surface area contributed by atoms with Crippen LogP contribution in [-0.2, 0) is 13.1 Å². The Morgan fingerprint density at radius 2 is 2.03 bits per heavy atom. The lowest BCUT2D eigenvalue weighted by Gasteiger charge is -2.30. The summed E-state index contributed by atoms with van der Waals surface area (Å²) in [6.45, 7) is 6.03. The maximum absolute atomic E-state index is 12.8. The van der Waals surface area contributed by atoms with Gasteiger partial charge >= 0.3 is 0 Å². The average molecular weight is 455 g/mol. The molecule has 0 aliphatic carbocycles. The largest absolute Gasteiger partial charge is 0.496 e. The number of likely N-dealkylation sites (tertiary alicyclic amines) is 1. The molecule has 0 spiro atoms. The smallest absolute Gasteiger partial charge is 0.255 e. The first kappa shape index (κ1) is 22.2. The highest BCUT2D eigenvalue weighted by atomic mass is 35.5. The lowest BCUT2D eigenvalue weighted by molar-refractivity contribution is 0.0948. The van der Waals surface area contributed by atoms with Gasteiger partial charge in [0.25, 0.3) is 5.91 Å². The molecule has 1 aliphatic rings.